The highest BCUT2D eigenvalue weighted by atomic mass is 35.5. The first-order valence-electron chi connectivity index (χ1n) is 5.80. The molecular weight excluding hydrogens is 301 g/mol. The van der Waals surface area contributed by atoms with Crippen molar-refractivity contribution < 1.29 is 9.90 Å². The fourth-order valence-electron chi connectivity index (χ4n) is 1.29. The van der Waals surface area contributed by atoms with Gasteiger partial charge in [-0.3, -0.25) is 4.79 Å². The first kappa shape index (κ1) is 16.3. The van der Waals surface area contributed by atoms with Gasteiger partial charge in [-0.25, -0.2) is 0 Å². The van der Waals surface area contributed by atoms with Gasteiger partial charge in [0.2, 0.25) is 0 Å². The van der Waals surface area contributed by atoms with Crippen LogP contribution in [0.25, 0.3) is 0 Å². The summed E-state index contributed by atoms with van der Waals surface area (Å²) in [6.45, 7) is 0.500. The van der Waals surface area contributed by atoms with Crippen molar-refractivity contribution in [3.05, 3.63) is 40.0 Å². The number of halogens is 2. The quantitative estimate of drug-likeness (QED) is 0.427. The van der Waals surface area contributed by atoms with E-state index in [0.717, 1.165) is 0 Å². The van der Waals surface area contributed by atoms with Gasteiger partial charge in [0, 0.05) is 19.4 Å². The molecular formula is C13H13Cl2N3O2. The van der Waals surface area contributed by atoms with Crippen molar-refractivity contribution in [2.45, 2.75) is 6.42 Å². The molecule has 20 heavy (non-hydrogen) atoms. The molecule has 0 aliphatic heterocycles. The van der Waals surface area contributed by atoms with E-state index < -0.39 is 5.91 Å². The lowest BCUT2D eigenvalue weighted by molar-refractivity contribution is -0.112. The van der Waals surface area contributed by atoms with Gasteiger partial charge >= 0.3 is 0 Å². The molecule has 0 atom stereocenters. The van der Waals surface area contributed by atoms with E-state index in [1.54, 1.807) is 24.3 Å². The summed E-state index contributed by atoms with van der Waals surface area (Å²) in [4.78, 5) is 11.9. The molecule has 1 amide bonds. The summed E-state index contributed by atoms with van der Waals surface area (Å²) in [5.41, 5.74) is 0.236. The largest absolute Gasteiger partial charge is 0.396 e. The van der Waals surface area contributed by atoms with E-state index in [1.165, 1.54) is 6.20 Å². The Morgan fingerprint density at radius 1 is 1.45 bits per heavy atom. The van der Waals surface area contributed by atoms with Gasteiger partial charge in [-0.2, -0.15) is 5.26 Å². The number of aliphatic hydroxyl groups excluding tert-OH is 1. The molecule has 1 rings (SSSR count). The van der Waals surface area contributed by atoms with Gasteiger partial charge in [-0.15, -0.1) is 0 Å². The predicted octanol–water partition coefficient (Wildman–Crippen LogP) is 2.31. The topological polar surface area (TPSA) is 85.2 Å². The van der Waals surface area contributed by atoms with E-state index in [-0.39, 0.29) is 17.2 Å². The summed E-state index contributed by atoms with van der Waals surface area (Å²) < 4.78 is 0. The van der Waals surface area contributed by atoms with Gasteiger partial charge in [-0.1, -0.05) is 29.3 Å². The Balaban J connectivity index is 2.73. The molecule has 7 heteroatoms. The molecule has 0 aromatic heterocycles. The van der Waals surface area contributed by atoms with Gasteiger partial charge in [-0.05, 0) is 18.6 Å². The maximum absolute atomic E-state index is 11.9. The number of carbonyl (C=O) groups excluding carboxylic acids is 1. The first-order valence-corrected chi connectivity index (χ1v) is 6.55. The molecule has 0 saturated heterocycles. The van der Waals surface area contributed by atoms with Crippen LogP contribution in [0.3, 0.4) is 0 Å². The maximum Gasteiger partial charge on any atom is 0.267 e. The third-order valence-corrected chi connectivity index (χ3v) is 3.11. The van der Waals surface area contributed by atoms with Crippen molar-refractivity contribution in [2.24, 2.45) is 0 Å². The van der Waals surface area contributed by atoms with Crippen LogP contribution in [0.5, 0.6) is 0 Å². The lowest BCUT2D eigenvalue weighted by Crippen LogP contribution is -2.17. The minimum Gasteiger partial charge on any atom is -0.396 e. The van der Waals surface area contributed by atoms with E-state index in [1.807, 2.05) is 0 Å². The van der Waals surface area contributed by atoms with Crippen molar-refractivity contribution >= 4 is 34.8 Å². The number of amides is 1. The SMILES string of the molecule is N#C/C(=C/NCCCO)C(=O)Nc1cccc(Cl)c1Cl. The molecule has 0 radical (unpaired) electrons. The number of carbonyl (C=O) groups is 1. The zero-order chi connectivity index (χ0) is 15.0. The Bertz CT molecular complexity index is 553. The molecule has 5 nitrogen and oxygen atoms in total. The summed E-state index contributed by atoms with van der Waals surface area (Å²) in [6.07, 6.45) is 1.82. The Morgan fingerprint density at radius 2 is 2.20 bits per heavy atom. The number of aliphatic hydroxyl groups is 1. The first-order chi connectivity index (χ1) is 9.60. The van der Waals surface area contributed by atoms with Crippen LogP contribution in [0.4, 0.5) is 5.69 Å². The van der Waals surface area contributed by atoms with Crippen LogP contribution in [0, 0.1) is 11.3 Å². The van der Waals surface area contributed by atoms with E-state index >= 15 is 0 Å². The summed E-state index contributed by atoms with van der Waals surface area (Å²) in [5, 5.41) is 23.3. The molecule has 3 N–H and O–H groups in total. The highest BCUT2D eigenvalue weighted by molar-refractivity contribution is 6.44. The Hall–Kier alpha value is -1.74. The van der Waals surface area contributed by atoms with Crippen molar-refractivity contribution in [1.82, 2.24) is 5.32 Å². The number of anilines is 1. The van der Waals surface area contributed by atoms with Crippen molar-refractivity contribution in [1.29, 1.82) is 5.26 Å². The molecule has 1 aromatic rings. The minimum atomic E-state index is -0.590. The highest BCUT2D eigenvalue weighted by Gasteiger charge is 2.12. The van der Waals surface area contributed by atoms with Crippen LogP contribution < -0.4 is 10.6 Å². The number of benzene rings is 1. The molecule has 0 aliphatic rings. The average molecular weight is 314 g/mol. The standard InChI is InChI=1S/C13H13Cl2N3O2/c14-10-3-1-4-11(12(10)15)18-13(20)9(7-16)8-17-5-2-6-19/h1,3-4,8,17,19H,2,5-6H2,(H,18,20)/b9-8-. The van der Waals surface area contributed by atoms with E-state index in [4.69, 9.17) is 33.6 Å². The van der Waals surface area contributed by atoms with E-state index in [0.29, 0.717) is 23.7 Å². The van der Waals surface area contributed by atoms with Gasteiger partial charge < -0.3 is 15.7 Å². The summed E-state index contributed by atoms with van der Waals surface area (Å²) in [5.74, 6) is -0.590. The van der Waals surface area contributed by atoms with Gasteiger partial charge in [0.1, 0.15) is 11.6 Å². The molecule has 1 aromatic carbocycles. The normalized spacial score (nSPS) is 10.8. The maximum atomic E-state index is 11.9. The van der Waals surface area contributed by atoms with Crippen LogP contribution in [-0.4, -0.2) is 24.2 Å². The number of hydrogen-bond acceptors (Lipinski definition) is 4. The number of hydrogen-bond donors (Lipinski definition) is 3. The number of rotatable bonds is 6. The third-order valence-electron chi connectivity index (χ3n) is 2.29. The minimum absolute atomic E-state index is 0.0348. The zero-order valence-electron chi connectivity index (χ0n) is 10.5. The molecule has 0 spiro atoms. The van der Waals surface area contributed by atoms with Crippen LogP contribution in [0.15, 0.2) is 30.0 Å². The fraction of sp³-hybridized carbons (Fsp3) is 0.231. The fourth-order valence-corrected chi connectivity index (χ4v) is 1.64. The third kappa shape index (κ3) is 4.74. The van der Waals surface area contributed by atoms with E-state index in [9.17, 15) is 4.79 Å². The summed E-state index contributed by atoms with van der Waals surface area (Å²) in [7, 11) is 0. The Morgan fingerprint density at radius 3 is 2.85 bits per heavy atom. The van der Waals surface area contributed by atoms with Crippen molar-refractivity contribution in [3.63, 3.8) is 0 Å². The van der Waals surface area contributed by atoms with Crippen LogP contribution in [-0.2, 0) is 4.79 Å². The average Bonchev–Trinajstić information content (AvgIpc) is 2.44. The second-order valence-corrected chi connectivity index (χ2v) is 4.54. The molecule has 0 aliphatic carbocycles. The van der Waals surface area contributed by atoms with Gasteiger partial charge in [0.25, 0.3) is 5.91 Å². The predicted molar refractivity (Wildman–Crippen MR) is 78.5 cm³/mol. The molecule has 0 unspecified atom stereocenters. The monoisotopic (exact) mass is 313 g/mol. The summed E-state index contributed by atoms with van der Waals surface area (Å²) >= 11 is 11.8. The second kappa shape index (κ2) is 8.43. The summed E-state index contributed by atoms with van der Waals surface area (Å²) in [6, 6.07) is 6.60. The van der Waals surface area contributed by atoms with Crippen LogP contribution >= 0.6 is 23.2 Å². The second-order valence-electron chi connectivity index (χ2n) is 3.76. The number of nitriles is 1. The highest BCUT2D eigenvalue weighted by Crippen LogP contribution is 2.29. The molecule has 0 fully saturated rings. The van der Waals surface area contributed by atoms with Gasteiger partial charge in [0.05, 0.1) is 15.7 Å². The molecule has 106 valence electrons. The Labute approximate surface area is 126 Å². The van der Waals surface area contributed by atoms with Crippen molar-refractivity contribution in [3.8, 4) is 6.07 Å². The van der Waals surface area contributed by atoms with E-state index in [2.05, 4.69) is 10.6 Å². The van der Waals surface area contributed by atoms with Crippen LogP contribution in [0.1, 0.15) is 6.42 Å². The van der Waals surface area contributed by atoms with Crippen molar-refractivity contribution in [2.75, 3.05) is 18.5 Å². The molecule has 0 saturated carbocycles. The molecule has 0 bridgehead atoms. The lowest BCUT2D eigenvalue weighted by atomic mass is 10.2. The smallest absolute Gasteiger partial charge is 0.267 e. The van der Waals surface area contributed by atoms with Crippen LogP contribution in [0.2, 0.25) is 10.0 Å². The van der Waals surface area contributed by atoms with Gasteiger partial charge in [0.15, 0.2) is 0 Å². The zero-order valence-corrected chi connectivity index (χ0v) is 12.0. The number of nitrogens with zero attached hydrogens (tertiary/aromatic N) is 1. The number of nitrogens with one attached hydrogen (secondary N) is 2. The lowest BCUT2D eigenvalue weighted by Gasteiger charge is -2.07. The molecule has 0 heterocycles. The Kier molecular flexibility index (Phi) is 6.88.